The standard InChI is InChI=1S/C32H47BrN2O2/c1-2-3-4-5-6-7-8-9-10-11-12-13-14-15-16-21-32(36)35-34-26-29-19-17-18-20-31(29)37-27-28-22-24-30(33)25-23-28/h17-20,22-26H,2-16,21,27H2,1H3,(H,35,36)/b34-26-. The number of amides is 1. The minimum Gasteiger partial charge on any atom is -0.488 e. The third kappa shape index (κ3) is 15.7. The van der Waals surface area contributed by atoms with Crippen molar-refractivity contribution in [1.29, 1.82) is 0 Å². The molecule has 2 aromatic rings. The lowest BCUT2D eigenvalue weighted by atomic mass is 10.0. The molecule has 0 radical (unpaired) electrons. The van der Waals surface area contributed by atoms with Crippen LogP contribution in [-0.2, 0) is 11.4 Å². The summed E-state index contributed by atoms with van der Waals surface area (Å²) in [6, 6.07) is 15.8. The molecule has 0 aliphatic carbocycles. The highest BCUT2D eigenvalue weighted by atomic mass is 79.9. The lowest BCUT2D eigenvalue weighted by Gasteiger charge is -2.09. The van der Waals surface area contributed by atoms with E-state index in [-0.39, 0.29) is 5.91 Å². The highest BCUT2D eigenvalue weighted by Gasteiger charge is 2.03. The van der Waals surface area contributed by atoms with E-state index in [1.54, 1.807) is 6.21 Å². The van der Waals surface area contributed by atoms with E-state index in [1.165, 1.54) is 83.5 Å². The van der Waals surface area contributed by atoms with Gasteiger partial charge in [0.15, 0.2) is 0 Å². The Hall–Kier alpha value is -2.14. The Morgan fingerprint density at radius 1 is 0.784 bits per heavy atom. The number of nitrogens with one attached hydrogen (secondary N) is 1. The van der Waals surface area contributed by atoms with Crippen molar-refractivity contribution in [2.24, 2.45) is 5.10 Å². The fourth-order valence-electron chi connectivity index (χ4n) is 4.35. The molecule has 0 bridgehead atoms. The van der Waals surface area contributed by atoms with E-state index in [4.69, 9.17) is 4.74 Å². The zero-order chi connectivity index (χ0) is 26.4. The average Bonchev–Trinajstić information content (AvgIpc) is 2.91. The van der Waals surface area contributed by atoms with E-state index in [0.717, 1.165) is 34.2 Å². The van der Waals surface area contributed by atoms with E-state index >= 15 is 0 Å². The van der Waals surface area contributed by atoms with E-state index in [9.17, 15) is 4.79 Å². The smallest absolute Gasteiger partial charge is 0.240 e. The summed E-state index contributed by atoms with van der Waals surface area (Å²) >= 11 is 3.45. The molecule has 1 N–H and O–H groups in total. The summed E-state index contributed by atoms with van der Waals surface area (Å²) in [7, 11) is 0. The number of ether oxygens (including phenoxy) is 1. The summed E-state index contributed by atoms with van der Waals surface area (Å²) < 4.78 is 7.01. The van der Waals surface area contributed by atoms with Crippen LogP contribution >= 0.6 is 15.9 Å². The molecule has 2 aromatic carbocycles. The first kappa shape index (κ1) is 31.1. The number of hydrogen-bond acceptors (Lipinski definition) is 3. The first-order valence-corrected chi connectivity index (χ1v) is 15.3. The molecule has 0 unspecified atom stereocenters. The molecule has 5 heteroatoms. The molecule has 0 saturated carbocycles. The number of para-hydroxylation sites is 1. The minimum absolute atomic E-state index is 0.0285. The Balaban J connectivity index is 1.48. The maximum absolute atomic E-state index is 12.1. The Kier molecular flexibility index (Phi) is 17.5. The van der Waals surface area contributed by atoms with Crippen LogP contribution in [-0.4, -0.2) is 12.1 Å². The van der Waals surface area contributed by atoms with Gasteiger partial charge >= 0.3 is 0 Å². The van der Waals surface area contributed by atoms with Crippen LogP contribution in [0.5, 0.6) is 5.75 Å². The van der Waals surface area contributed by atoms with Gasteiger partial charge in [0.25, 0.3) is 0 Å². The summed E-state index contributed by atoms with van der Waals surface area (Å²) in [6.07, 6.45) is 22.0. The Morgan fingerprint density at radius 2 is 1.32 bits per heavy atom. The molecule has 1 amide bonds. The Bertz CT molecular complexity index is 883. The summed E-state index contributed by atoms with van der Waals surface area (Å²) in [5.74, 6) is 0.713. The predicted molar refractivity (Wildman–Crippen MR) is 160 cm³/mol. The van der Waals surface area contributed by atoms with Crippen molar-refractivity contribution in [3.05, 3.63) is 64.1 Å². The topological polar surface area (TPSA) is 50.7 Å². The number of hydrazone groups is 1. The molecule has 0 heterocycles. The zero-order valence-corrected chi connectivity index (χ0v) is 24.4. The van der Waals surface area contributed by atoms with Gasteiger partial charge in [-0.15, -0.1) is 0 Å². The molecule has 204 valence electrons. The Labute approximate surface area is 233 Å². The molecule has 4 nitrogen and oxygen atoms in total. The molecule has 0 aliphatic heterocycles. The zero-order valence-electron chi connectivity index (χ0n) is 22.9. The number of carbonyl (C=O) groups excluding carboxylic acids is 1. The van der Waals surface area contributed by atoms with E-state index in [1.807, 2.05) is 48.5 Å². The van der Waals surface area contributed by atoms with E-state index in [2.05, 4.69) is 33.4 Å². The maximum Gasteiger partial charge on any atom is 0.240 e. The van der Waals surface area contributed by atoms with Crippen LogP contribution in [0.25, 0.3) is 0 Å². The van der Waals surface area contributed by atoms with Gasteiger partial charge in [-0.1, -0.05) is 137 Å². The van der Waals surface area contributed by atoms with Crippen molar-refractivity contribution < 1.29 is 9.53 Å². The highest BCUT2D eigenvalue weighted by Crippen LogP contribution is 2.19. The normalized spacial score (nSPS) is 11.2. The molecule has 2 rings (SSSR count). The first-order chi connectivity index (χ1) is 18.2. The highest BCUT2D eigenvalue weighted by molar-refractivity contribution is 9.10. The lowest BCUT2D eigenvalue weighted by Crippen LogP contribution is -2.17. The average molecular weight is 572 g/mol. The summed E-state index contributed by atoms with van der Waals surface area (Å²) in [5, 5.41) is 4.15. The van der Waals surface area contributed by atoms with Crippen molar-refractivity contribution in [2.75, 3.05) is 0 Å². The number of rotatable bonds is 21. The fraction of sp³-hybridized carbons (Fsp3) is 0.562. The number of carbonyl (C=O) groups is 1. The van der Waals surface area contributed by atoms with Crippen LogP contribution in [0.2, 0.25) is 0 Å². The van der Waals surface area contributed by atoms with Crippen LogP contribution in [0.3, 0.4) is 0 Å². The maximum atomic E-state index is 12.1. The minimum atomic E-state index is -0.0285. The third-order valence-electron chi connectivity index (χ3n) is 6.63. The van der Waals surface area contributed by atoms with Gasteiger partial charge in [-0.2, -0.15) is 5.10 Å². The second kappa shape index (κ2) is 20.9. The van der Waals surface area contributed by atoms with Gasteiger partial charge in [-0.25, -0.2) is 5.43 Å². The molecule has 0 aliphatic rings. The number of halogens is 1. The van der Waals surface area contributed by atoms with Gasteiger partial charge in [0.1, 0.15) is 12.4 Å². The van der Waals surface area contributed by atoms with Crippen LogP contribution in [0, 0.1) is 0 Å². The SMILES string of the molecule is CCCCCCCCCCCCCCCCCC(=O)N/N=C\c1ccccc1OCc1ccc(Br)cc1. The second-order valence-corrected chi connectivity index (χ2v) is 10.9. The van der Waals surface area contributed by atoms with Gasteiger partial charge in [0.2, 0.25) is 5.91 Å². The molecule has 0 atom stereocenters. The monoisotopic (exact) mass is 570 g/mol. The summed E-state index contributed by atoms with van der Waals surface area (Å²) in [4.78, 5) is 12.1. The van der Waals surface area contributed by atoms with Gasteiger partial charge in [-0.05, 0) is 36.2 Å². The lowest BCUT2D eigenvalue weighted by molar-refractivity contribution is -0.121. The summed E-state index contributed by atoms with van der Waals surface area (Å²) in [6.45, 7) is 2.75. The number of benzene rings is 2. The van der Waals surface area contributed by atoms with E-state index in [0.29, 0.717) is 13.0 Å². The molecule has 0 saturated heterocycles. The molecule has 37 heavy (non-hydrogen) atoms. The molecular weight excluding hydrogens is 524 g/mol. The number of nitrogens with zero attached hydrogens (tertiary/aromatic N) is 1. The molecule has 0 aromatic heterocycles. The van der Waals surface area contributed by atoms with Gasteiger partial charge in [-0.3, -0.25) is 4.79 Å². The van der Waals surface area contributed by atoms with Crippen LogP contribution in [0.4, 0.5) is 0 Å². The van der Waals surface area contributed by atoms with Crippen molar-refractivity contribution in [3.8, 4) is 5.75 Å². The van der Waals surface area contributed by atoms with Crippen molar-refractivity contribution in [3.63, 3.8) is 0 Å². The van der Waals surface area contributed by atoms with Crippen LogP contribution < -0.4 is 10.2 Å². The van der Waals surface area contributed by atoms with Gasteiger partial charge in [0, 0.05) is 16.5 Å². The molecular formula is C32H47BrN2O2. The van der Waals surface area contributed by atoms with E-state index < -0.39 is 0 Å². The van der Waals surface area contributed by atoms with Crippen molar-refractivity contribution in [2.45, 2.75) is 116 Å². The fourth-order valence-corrected chi connectivity index (χ4v) is 4.61. The number of unbranched alkanes of at least 4 members (excludes halogenated alkanes) is 14. The second-order valence-electron chi connectivity index (χ2n) is 9.95. The predicted octanol–water partition coefficient (Wildman–Crippen LogP) is 9.74. The third-order valence-corrected chi connectivity index (χ3v) is 7.16. The quantitative estimate of drug-likeness (QED) is 0.0921. The van der Waals surface area contributed by atoms with Crippen LogP contribution in [0.15, 0.2) is 58.1 Å². The number of hydrogen-bond donors (Lipinski definition) is 1. The van der Waals surface area contributed by atoms with Crippen molar-refractivity contribution >= 4 is 28.1 Å². The molecule has 0 spiro atoms. The summed E-state index contributed by atoms with van der Waals surface area (Å²) in [5.41, 5.74) is 4.59. The van der Waals surface area contributed by atoms with Gasteiger partial charge < -0.3 is 4.74 Å². The van der Waals surface area contributed by atoms with Gasteiger partial charge in [0.05, 0.1) is 6.21 Å². The van der Waals surface area contributed by atoms with Crippen LogP contribution in [0.1, 0.15) is 121 Å². The Morgan fingerprint density at radius 3 is 1.92 bits per heavy atom. The largest absolute Gasteiger partial charge is 0.488 e. The molecule has 0 fully saturated rings. The first-order valence-electron chi connectivity index (χ1n) is 14.5. The van der Waals surface area contributed by atoms with Crippen molar-refractivity contribution in [1.82, 2.24) is 5.43 Å².